The maximum Gasteiger partial charge on any atom is 0.485 e. The zero-order valence-corrected chi connectivity index (χ0v) is 17.8. The van der Waals surface area contributed by atoms with Gasteiger partial charge in [-0.05, 0) is 12.1 Å². The van der Waals surface area contributed by atoms with Gasteiger partial charge in [0.25, 0.3) is 5.82 Å². The number of benzene rings is 3. The Balaban J connectivity index is 0.000000312. The number of nitrogens with one attached hydrogen (secondary N) is 2. The lowest BCUT2D eigenvalue weighted by molar-refractivity contribution is -0.349. The van der Waals surface area contributed by atoms with Gasteiger partial charge >= 0.3 is 5.51 Å². The summed E-state index contributed by atoms with van der Waals surface area (Å²) in [6.07, 6.45) is 0. The van der Waals surface area contributed by atoms with Crippen LogP contribution in [0, 0.1) is 0 Å². The van der Waals surface area contributed by atoms with Gasteiger partial charge in [-0.25, -0.2) is 18.4 Å². The van der Waals surface area contributed by atoms with E-state index in [1.165, 1.54) is 0 Å². The molecule has 166 valence electrons. The van der Waals surface area contributed by atoms with Gasteiger partial charge in [0.2, 0.25) is 0 Å². The van der Waals surface area contributed by atoms with E-state index in [0.717, 1.165) is 33.9 Å². The summed E-state index contributed by atoms with van der Waals surface area (Å²) >= 11 is 6.37. The zero-order chi connectivity index (χ0) is 23.4. The van der Waals surface area contributed by atoms with Crippen LogP contribution in [-0.2, 0) is 10.1 Å². The Labute approximate surface area is 187 Å². The highest BCUT2D eigenvalue weighted by Crippen LogP contribution is 2.32. The van der Waals surface area contributed by atoms with Crippen LogP contribution in [0.1, 0.15) is 0 Å². The predicted molar refractivity (Wildman–Crippen MR) is 114 cm³/mol. The Morgan fingerprint density at radius 3 is 1.78 bits per heavy atom. The highest BCUT2D eigenvalue weighted by Gasteiger charge is 2.36. The number of H-pyrrole nitrogens is 2. The van der Waals surface area contributed by atoms with Crippen molar-refractivity contribution in [1.82, 2.24) is 4.98 Å². The summed E-state index contributed by atoms with van der Waals surface area (Å²) in [5.41, 5.74) is -0.323. The van der Waals surface area contributed by atoms with Gasteiger partial charge in [-0.2, -0.15) is 13.2 Å². The average Bonchev–Trinajstić information content (AvgIpc) is 3.20. The predicted octanol–water partition coefficient (Wildman–Crippen LogP) is 5.53. The molecule has 1 aromatic heterocycles. The van der Waals surface area contributed by atoms with Crippen LogP contribution in [0.25, 0.3) is 33.9 Å². The van der Waals surface area contributed by atoms with Crippen LogP contribution in [0.3, 0.4) is 0 Å². The van der Waals surface area contributed by atoms with Gasteiger partial charge in [0, 0.05) is 11.1 Å². The Kier molecular flexibility index (Phi) is 7.02. The van der Waals surface area contributed by atoms with Crippen molar-refractivity contribution in [3.05, 3.63) is 90.0 Å². The molecular weight excluding hydrogens is 465 g/mol. The van der Waals surface area contributed by atoms with Crippen molar-refractivity contribution in [2.45, 2.75) is 5.51 Å². The number of hydrogen-bond acceptors (Lipinski definition) is 3. The molecule has 0 aliphatic heterocycles. The molecule has 5 nitrogen and oxygen atoms in total. The fourth-order valence-electron chi connectivity index (χ4n) is 2.85. The number of imidazole rings is 1. The van der Waals surface area contributed by atoms with Crippen LogP contribution >= 0.6 is 11.6 Å². The highest BCUT2D eigenvalue weighted by atomic mass is 35.5. The lowest BCUT2D eigenvalue weighted by atomic mass is 10.1. The monoisotopic (exact) mass is 480 g/mol. The summed E-state index contributed by atoms with van der Waals surface area (Å²) in [5.74, 6) is 0.901. The van der Waals surface area contributed by atoms with Crippen molar-refractivity contribution in [3.63, 3.8) is 0 Å². The van der Waals surface area contributed by atoms with Crippen molar-refractivity contribution < 1.29 is 31.1 Å². The van der Waals surface area contributed by atoms with Crippen LogP contribution < -0.4 is 4.98 Å². The number of aromatic nitrogens is 2. The molecule has 2 N–H and O–H groups in total. The third-order valence-electron chi connectivity index (χ3n) is 4.30. The Morgan fingerprint density at radius 1 is 0.812 bits per heavy atom. The molecule has 0 fully saturated rings. The molecular formula is C22H16ClF3N2O3S. The molecule has 0 unspecified atom stereocenters. The Hall–Kier alpha value is -3.14. The van der Waals surface area contributed by atoms with Gasteiger partial charge in [-0.15, -0.1) is 0 Å². The number of aromatic amines is 2. The molecule has 0 atom stereocenters. The van der Waals surface area contributed by atoms with E-state index in [1.807, 2.05) is 60.7 Å². The van der Waals surface area contributed by atoms with Crippen LogP contribution in [0.2, 0.25) is 5.02 Å². The SMILES string of the molecule is Clc1ccccc1-c1[nH]c(-c2ccccc2)c(-c2ccccc2)[nH+]1.O=S(=O)([O-])C(F)(F)F. The summed E-state index contributed by atoms with van der Waals surface area (Å²) in [4.78, 5) is 7.03. The summed E-state index contributed by atoms with van der Waals surface area (Å²) in [6, 6.07) is 28.4. The van der Waals surface area contributed by atoms with Crippen LogP contribution in [-0.4, -0.2) is 23.5 Å². The van der Waals surface area contributed by atoms with E-state index in [9.17, 15) is 13.2 Å². The smallest absolute Gasteiger partial charge is 0.485 e. The van der Waals surface area contributed by atoms with E-state index in [1.54, 1.807) is 0 Å². The van der Waals surface area contributed by atoms with Gasteiger partial charge in [-0.1, -0.05) is 84.4 Å². The van der Waals surface area contributed by atoms with E-state index in [4.69, 9.17) is 24.6 Å². The maximum atomic E-state index is 10.7. The molecule has 1 heterocycles. The number of halogens is 4. The molecule has 0 aliphatic carbocycles. The molecule has 0 aliphatic rings. The van der Waals surface area contributed by atoms with Crippen molar-refractivity contribution in [2.24, 2.45) is 0 Å². The Bertz CT molecular complexity index is 1240. The standard InChI is InChI=1S/C21H15ClN2.CHF3O3S/c22-18-14-8-7-13-17(18)21-23-19(15-9-3-1-4-10-15)20(24-21)16-11-5-2-6-12-16;2-1(3,4)8(5,6)7/h1-14H,(H,23,24);(H,5,6,7). The maximum absolute atomic E-state index is 10.7. The minimum atomic E-state index is -6.09. The van der Waals surface area contributed by atoms with Gasteiger partial charge in [0.15, 0.2) is 21.5 Å². The van der Waals surface area contributed by atoms with E-state index in [2.05, 4.69) is 34.2 Å². The number of rotatable bonds is 3. The molecule has 4 aromatic rings. The van der Waals surface area contributed by atoms with E-state index < -0.39 is 15.6 Å². The van der Waals surface area contributed by atoms with Crippen molar-refractivity contribution in [3.8, 4) is 33.9 Å². The first-order valence-corrected chi connectivity index (χ1v) is 10.9. The fraction of sp³-hybridized carbons (Fsp3) is 0.0455. The lowest BCUT2D eigenvalue weighted by Gasteiger charge is -2.08. The van der Waals surface area contributed by atoms with Crippen LogP contribution in [0.15, 0.2) is 84.9 Å². The second kappa shape index (κ2) is 9.56. The number of hydrogen-bond donors (Lipinski definition) is 1. The Morgan fingerprint density at radius 2 is 1.28 bits per heavy atom. The minimum absolute atomic E-state index is 0.717. The topological polar surface area (TPSA) is 87.1 Å². The third-order valence-corrected chi connectivity index (χ3v) is 5.20. The quantitative estimate of drug-likeness (QED) is 0.309. The number of alkyl halides is 3. The third kappa shape index (κ3) is 5.56. The molecule has 32 heavy (non-hydrogen) atoms. The van der Waals surface area contributed by atoms with Crippen LogP contribution in [0.4, 0.5) is 13.2 Å². The van der Waals surface area contributed by atoms with Gasteiger partial charge in [0.1, 0.15) is 0 Å². The van der Waals surface area contributed by atoms with Crippen molar-refractivity contribution in [2.75, 3.05) is 0 Å². The zero-order valence-electron chi connectivity index (χ0n) is 16.2. The molecule has 10 heteroatoms. The molecule has 0 saturated carbocycles. The average molecular weight is 481 g/mol. The molecule has 4 rings (SSSR count). The first-order valence-electron chi connectivity index (χ1n) is 9.11. The molecule has 3 aromatic carbocycles. The van der Waals surface area contributed by atoms with Crippen molar-refractivity contribution >= 4 is 21.7 Å². The van der Waals surface area contributed by atoms with E-state index in [-0.39, 0.29) is 0 Å². The van der Waals surface area contributed by atoms with E-state index in [0.29, 0.717) is 5.02 Å². The largest absolute Gasteiger partial charge is 0.741 e. The summed E-state index contributed by atoms with van der Waals surface area (Å²) in [6.45, 7) is 0. The minimum Gasteiger partial charge on any atom is -0.741 e. The van der Waals surface area contributed by atoms with Gasteiger partial charge in [0.05, 0.1) is 10.6 Å². The molecule has 0 spiro atoms. The van der Waals surface area contributed by atoms with E-state index >= 15 is 0 Å². The van der Waals surface area contributed by atoms with Gasteiger partial charge < -0.3 is 4.55 Å². The lowest BCUT2D eigenvalue weighted by Crippen LogP contribution is -2.21. The highest BCUT2D eigenvalue weighted by molar-refractivity contribution is 7.86. The summed E-state index contributed by atoms with van der Waals surface area (Å²) in [5, 5.41) is 0.717. The first kappa shape index (κ1) is 23.5. The first-order chi connectivity index (χ1) is 15.1. The van der Waals surface area contributed by atoms with Gasteiger partial charge in [-0.3, -0.25) is 0 Å². The normalized spacial score (nSPS) is 11.5. The molecule has 0 radical (unpaired) electrons. The summed E-state index contributed by atoms with van der Waals surface area (Å²) in [7, 11) is -6.09. The van der Waals surface area contributed by atoms with Crippen molar-refractivity contribution in [1.29, 1.82) is 0 Å². The fourth-order valence-corrected chi connectivity index (χ4v) is 3.08. The van der Waals surface area contributed by atoms with Crippen LogP contribution in [0.5, 0.6) is 0 Å². The second-order valence-corrected chi connectivity index (χ2v) is 8.27. The molecule has 0 bridgehead atoms. The summed E-state index contributed by atoms with van der Waals surface area (Å²) < 4.78 is 58.9. The second-order valence-electron chi connectivity index (χ2n) is 6.49. The molecule has 0 amide bonds. The molecule has 0 saturated heterocycles.